The summed E-state index contributed by atoms with van der Waals surface area (Å²) in [6.45, 7) is 1.76. The number of hydrogen-bond acceptors (Lipinski definition) is 2. The number of carbonyl (C=O) groups excluding carboxylic acids is 1. The SMILES string of the molecule is CC(Br)C(=O)Nc1ccn[nH]1. The van der Waals surface area contributed by atoms with E-state index in [1.807, 2.05) is 0 Å². The van der Waals surface area contributed by atoms with Crippen molar-refractivity contribution in [2.24, 2.45) is 0 Å². The van der Waals surface area contributed by atoms with Crippen molar-refractivity contribution in [2.45, 2.75) is 11.8 Å². The van der Waals surface area contributed by atoms with Gasteiger partial charge in [0, 0.05) is 6.07 Å². The maximum absolute atomic E-state index is 11.0. The van der Waals surface area contributed by atoms with Crippen LogP contribution in [0.1, 0.15) is 6.92 Å². The van der Waals surface area contributed by atoms with Crippen LogP contribution < -0.4 is 5.32 Å². The van der Waals surface area contributed by atoms with Gasteiger partial charge in [0.15, 0.2) is 0 Å². The lowest BCUT2D eigenvalue weighted by molar-refractivity contribution is -0.115. The van der Waals surface area contributed by atoms with Crippen LogP contribution in [0.2, 0.25) is 0 Å². The van der Waals surface area contributed by atoms with Crippen LogP contribution in [0.15, 0.2) is 12.3 Å². The number of hydrogen-bond donors (Lipinski definition) is 2. The summed E-state index contributed by atoms with van der Waals surface area (Å²) in [6.07, 6.45) is 1.58. The van der Waals surface area contributed by atoms with Crippen LogP contribution >= 0.6 is 15.9 Å². The van der Waals surface area contributed by atoms with Gasteiger partial charge < -0.3 is 5.32 Å². The van der Waals surface area contributed by atoms with Crippen LogP contribution in [-0.4, -0.2) is 20.9 Å². The molecule has 1 rings (SSSR count). The molecule has 4 nitrogen and oxygen atoms in total. The predicted molar refractivity (Wildman–Crippen MR) is 45.6 cm³/mol. The second-order valence-corrected chi connectivity index (χ2v) is 3.45. The third-order valence-electron chi connectivity index (χ3n) is 1.12. The number of aromatic nitrogens is 2. The number of nitrogens with zero attached hydrogens (tertiary/aromatic N) is 1. The first-order valence-corrected chi connectivity index (χ1v) is 4.06. The summed E-state index contributed by atoms with van der Waals surface area (Å²) in [5, 5.41) is 8.92. The zero-order valence-electron chi connectivity index (χ0n) is 5.97. The molecule has 1 heterocycles. The van der Waals surface area contributed by atoms with E-state index in [4.69, 9.17) is 0 Å². The van der Waals surface area contributed by atoms with Crippen molar-refractivity contribution >= 4 is 27.7 Å². The summed E-state index contributed by atoms with van der Waals surface area (Å²) in [7, 11) is 0. The van der Waals surface area contributed by atoms with Gasteiger partial charge in [-0.05, 0) is 6.92 Å². The number of halogens is 1. The van der Waals surface area contributed by atoms with Crippen LogP contribution in [0.5, 0.6) is 0 Å². The van der Waals surface area contributed by atoms with Gasteiger partial charge in [0.25, 0.3) is 0 Å². The molecule has 1 atom stereocenters. The van der Waals surface area contributed by atoms with Crippen LogP contribution in [0.25, 0.3) is 0 Å². The van der Waals surface area contributed by atoms with Gasteiger partial charge in [-0.2, -0.15) is 5.10 Å². The Labute approximate surface area is 72.5 Å². The summed E-state index contributed by atoms with van der Waals surface area (Å²) in [5.74, 6) is 0.524. The maximum atomic E-state index is 11.0. The smallest absolute Gasteiger partial charge is 0.239 e. The number of aromatic amines is 1. The Bertz CT molecular complexity index is 232. The topological polar surface area (TPSA) is 57.8 Å². The van der Waals surface area contributed by atoms with Gasteiger partial charge in [0.05, 0.1) is 11.0 Å². The van der Waals surface area contributed by atoms with Crippen molar-refractivity contribution in [1.29, 1.82) is 0 Å². The fraction of sp³-hybridized carbons (Fsp3) is 0.333. The minimum atomic E-state index is -0.189. The first kappa shape index (κ1) is 8.26. The quantitative estimate of drug-likeness (QED) is 0.731. The van der Waals surface area contributed by atoms with Crippen molar-refractivity contribution in [1.82, 2.24) is 10.2 Å². The minimum absolute atomic E-state index is 0.0887. The highest BCUT2D eigenvalue weighted by atomic mass is 79.9. The number of rotatable bonds is 2. The third kappa shape index (κ3) is 2.34. The van der Waals surface area contributed by atoms with Crippen molar-refractivity contribution in [3.8, 4) is 0 Å². The number of carbonyl (C=O) groups is 1. The summed E-state index contributed by atoms with van der Waals surface area (Å²) in [4.78, 5) is 10.8. The number of amides is 1. The van der Waals surface area contributed by atoms with E-state index < -0.39 is 0 Å². The Kier molecular flexibility index (Phi) is 2.64. The average molecular weight is 218 g/mol. The average Bonchev–Trinajstić information content (AvgIpc) is 2.39. The van der Waals surface area contributed by atoms with Gasteiger partial charge in [0.1, 0.15) is 5.82 Å². The summed E-state index contributed by atoms with van der Waals surface area (Å²) in [6, 6.07) is 1.69. The molecule has 0 aliphatic rings. The van der Waals surface area contributed by atoms with Crippen LogP contribution in [-0.2, 0) is 4.79 Å². The fourth-order valence-corrected chi connectivity index (χ4v) is 0.672. The molecule has 1 aromatic rings. The predicted octanol–water partition coefficient (Wildman–Crippen LogP) is 1.13. The molecular formula is C6H8BrN3O. The van der Waals surface area contributed by atoms with E-state index in [0.29, 0.717) is 5.82 Å². The van der Waals surface area contributed by atoms with Gasteiger partial charge >= 0.3 is 0 Å². The highest BCUT2D eigenvalue weighted by Gasteiger charge is 2.08. The van der Waals surface area contributed by atoms with Gasteiger partial charge in [0.2, 0.25) is 5.91 Å². The zero-order chi connectivity index (χ0) is 8.27. The molecule has 0 saturated carbocycles. The molecule has 0 saturated heterocycles. The molecule has 60 valence electrons. The molecule has 0 aliphatic heterocycles. The van der Waals surface area contributed by atoms with E-state index in [2.05, 4.69) is 31.4 Å². The lowest BCUT2D eigenvalue weighted by Crippen LogP contribution is -2.19. The Balaban J connectivity index is 2.50. The second kappa shape index (κ2) is 3.52. The summed E-state index contributed by atoms with van der Waals surface area (Å²) < 4.78 is 0. The standard InChI is InChI=1S/C6H8BrN3O/c1-4(7)6(11)9-5-2-3-8-10-5/h2-4H,1H3,(H2,8,9,10,11). The molecule has 0 spiro atoms. The van der Waals surface area contributed by atoms with E-state index in [9.17, 15) is 4.79 Å². The summed E-state index contributed by atoms with van der Waals surface area (Å²) in [5.41, 5.74) is 0. The highest BCUT2D eigenvalue weighted by molar-refractivity contribution is 9.10. The second-order valence-electron chi connectivity index (χ2n) is 2.08. The molecular weight excluding hydrogens is 210 g/mol. The molecule has 0 bridgehead atoms. The maximum Gasteiger partial charge on any atom is 0.239 e. The van der Waals surface area contributed by atoms with E-state index in [1.165, 1.54) is 0 Å². The van der Waals surface area contributed by atoms with Crippen LogP contribution in [0.4, 0.5) is 5.82 Å². The lowest BCUT2D eigenvalue weighted by atomic mass is 10.4. The Morgan fingerprint density at radius 2 is 2.64 bits per heavy atom. The van der Waals surface area contributed by atoms with Crippen molar-refractivity contribution < 1.29 is 4.79 Å². The van der Waals surface area contributed by atoms with Gasteiger partial charge in [-0.25, -0.2) is 0 Å². The number of alkyl halides is 1. The first-order valence-electron chi connectivity index (χ1n) is 3.14. The monoisotopic (exact) mass is 217 g/mol. The Hall–Kier alpha value is -0.840. The highest BCUT2D eigenvalue weighted by Crippen LogP contribution is 2.03. The Morgan fingerprint density at radius 3 is 3.09 bits per heavy atom. The number of nitrogens with one attached hydrogen (secondary N) is 2. The lowest BCUT2D eigenvalue weighted by Gasteiger charge is -2.02. The normalized spacial score (nSPS) is 12.5. The summed E-state index contributed by atoms with van der Waals surface area (Å²) >= 11 is 3.14. The Morgan fingerprint density at radius 1 is 1.91 bits per heavy atom. The van der Waals surface area contributed by atoms with Crippen LogP contribution in [0, 0.1) is 0 Å². The molecule has 0 aliphatic carbocycles. The van der Waals surface area contributed by atoms with E-state index >= 15 is 0 Å². The molecule has 0 fully saturated rings. The molecule has 0 radical (unpaired) electrons. The van der Waals surface area contributed by atoms with E-state index in [-0.39, 0.29) is 10.7 Å². The molecule has 0 aromatic carbocycles. The largest absolute Gasteiger partial charge is 0.310 e. The molecule has 1 aromatic heterocycles. The van der Waals surface area contributed by atoms with E-state index in [1.54, 1.807) is 19.2 Å². The molecule has 11 heavy (non-hydrogen) atoms. The molecule has 2 N–H and O–H groups in total. The van der Waals surface area contributed by atoms with Crippen LogP contribution in [0.3, 0.4) is 0 Å². The van der Waals surface area contributed by atoms with Gasteiger partial charge in [-0.3, -0.25) is 9.89 Å². The first-order chi connectivity index (χ1) is 5.20. The fourth-order valence-electron chi connectivity index (χ4n) is 0.558. The van der Waals surface area contributed by atoms with Gasteiger partial charge in [-0.1, -0.05) is 15.9 Å². The molecule has 1 amide bonds. The number of anilines is 1. The van der Waals surface area contributed by atoms with Gasteiger partial charge in [-0.15, -0.1) is 0 Å². The number of H-pyrrole nitrogens is 1. The molecule has 1 unspecified atom stereocenters. The van der Waals surface area contributed by atoms with E-state index in [0.717, 1.165) is 0 Å². The zero-order valence-corrected chi connectivity index (χ0v) is 7.55. The van der Waals surface area contributed by atoms with Crippen molar-refractivity contribution in [3.05, 3.63) is 12.3 Å². The minimum Gasteiger partial charge on any atom is -0.310 e. The third-order valence-corrected chi connectivity index (χ3v) is 1.54. The van der Waals surface area contributed by atoms with Crippen molar-refractivity contribution in [2.75, 3.05) is 5.32 Å². The van der Waals surface area contributed by atoms with Crippen molar-refractivity contribution in [3.63, 3.8) is 0 Å². The molecule has 5 heteroatoms.